The van der Waals surface area contributed by atoms with Gasteiger partial charge >= 0.3 is 0 Å². The van der Waals surface area contributed by atoms with E-state index in [9.17, 15) is 15.0 Å². The molecule has 35 heavy (non-hydrogen) atoms. The number of nitrogens with one attached hydrogen (secondary N) is 1. The Bertz CT molecular complexity index is 429. The van der Waals surface area contributed by atoms with Crippen LogP contribution in [0.25, 0.3) is 0 Å². The molecule has 3 N–H and O–H groups in total. The van der Waals surface area contributed by atoms with Crippen LogP contribution in [-0.2, 0) is 4.79 Å². The average Bonchev–Trinajstić information content (AvgIpc) is 2.86. The van der Waals surface area contributed by atoms with Gasteiger partial charge in [-0.2, -0.15) is 0 Å². The fraction of sp³-hybridized carbons (Fsp3) is 0.968. The minimum atomic E-state index is -0.648. The minimum Gasteiger partial charge on any atom is -0.394 e. The van der Waals surface area contributed by atoms with Gasteiger partial charge in [0.15, 0.2) is 0 Å². The van der Waals surface area contributed by atoms with E-state index in [1.54, 1.807) is 0 Å². The first kappa shape index (κ1) is 34.4. The quantitative estimate of drug-likeness (QED) is 0.0947. The first-order chi connectivity index (χ1) is 17.2. The summed E-state index contributed by atoms with van der Waals surface area (Å²) in [6.07, 6.45) is 30.0. The summed E-state index contributed by atoms with van der Waals surface area (Å²) in [4.78, 5) is 12.2. The zero-order chi connectivity index (χ0) is 25.8. The van der Waals surface area contributed by atoms with Gasteiger partial charge in [0.2, 0.25) is 5.91 Å². The number of hydrogen-bond donors (Lipinski definition) is 3. The molecule has 0 aliphatic carbocycles. The maximum absolute atomic E-state index is 12.2. The van der Waals surface area contributed by atoms with Crippen molar-refractivity contribution in [1.29, 1.82) is 0 Å². The van der Waals surface area contributed by atoms with Crippen LogP contribution in [0.4, 0.5) is 0 Å². The van der Waals surface area contributed by atoms with Gasteiger partial charge in [0.25, 0.3) is 0 Å². The Labute approximate surface area is 219 Å². The van der Waals surface area contributed by atoms with Gasteiger partial charge in [0.1, 0.15) is 0 Å². The molecule has 210 valence electrons. The third-order valence-corrected chi connectivity index (χ3v) is 7.37. The monoisotopic (exact) mass is 497 g/mol. The van der Waals surface area contributed by atoms with E-state index < -0.39 is 12.1 Å². The van der Waals surface area contributed by atoms with Gasteiger partial charge in [0, 0.05) is 6.42 Å². The lowest BCUT2D eigenvalue weighted by Gasteiger charge is -2.22. The molecule has 0 radical (unpaired) electrons. The molecule has 0 saturated heterocycles. The van der Waals surface area contributed by atoms with Gasteiger partial charge in [0.05, 0.1) is 18.8 Å². The van der Waals surface area contributed by atoms with Gasteiger partial charge in [-0.15, -0.1) is 0 Å². The predicted molar refractivity (Wildman–Crippen MR) is 152 cm³/mol. The molecule has 4 nitrogen and oxygen atoms in total. The summed E-state index contributed by atoms with van der Waals surface area (Å²) in [5, 5.41) is 22.8. The van der Waals surface area contributed by atoms with Crippen molar-refractivity contribution >= 4 is 5.91 Å². The molecule has 0 rings (SSSR count). The van der Waals surface area contributed by atoms with Crippen LogP contribution in [0, 0.1) is 0 Å². The summed E-state index contributed by atoms with van der Waals surface area (Å²) in [5.41, 5.74) is 0. The zero-order valence-electron chi connectivity index (χ0n) is 23.8. The maximum Gasteiger partial charge on any atom is 0.220 e. The van der Waals surface area contributed by atoms with Crippen molar-refractivity contribution in [2.24, 2.45) is 0 Å². The molecule has 0 aromatic heterocycles. The Balaban J connectivity index is 3.55. The Morgan fingerprint density at radius 3 is 1.29 bits per heavy atom. The first-order valence-corrected chi connectivity index (χ1v) is 15.7. The second kappa shape index (κ2) is 28.0. The van der Waals surface area contributed by atoms with E-state index in [2.05, 4.69) is 19.2 Å². The summed E-state index contributed by atoms with van der Waals surface area (Å²) < 4.78 is 0. The fourth-order valence-electron chi connectivity index (χ4n) is 4.89. The minimum absolute atomic E-state index is 0.0332. The van der Waals surface area contributed by atoms with Crippen LogP contribution >= 0.6 is 0 Å². The smallest absolute Gasteiger partial charge is 0.220 e. The highest BCUT2D eigenvalue weighted by Crippen LogP contribution is 2.14. The van der Waals surface area contributed by atoms with E-state index in [0.717, 1.165) is 25.7 Å². The third-order valence-electron chi connectivity index (χ3n) is 7.37. The van der Waals surface area contributed by atoms with Crippen molar-refractivity contribution in [2.75, 3.05) is 6.61 Å². The van der Waals surface area contributed by atoms with Gasteiger partial charge in [-0.3, -0.25) is 4.79 Å². The second-order valence-corrected chi connectivity index (χ2v) is 10.9. The van der Waals surface area contributed by atoms with Crippen molar-refractivity contribution in [3.63, 3.8) is 0 Å². The molecule has 0 spiro atoms. The summed E-state index contributed by atoms with van der Waals surface area (Å²) in [6, 6.07) is -0.525. The van der Waals surface area contributed by atoms with Gasteiger partial charge in [-0.05, 0) is 12.8 Å². The Kier molecular flexibility index (Phi) is 27.5. The molecular formula is C31H63NO3. The number of rotatable bonds is 28. The number of carbonyl (C=O) groups is 1. The number of amides is 1. The highest BCUT2D eigenvalue weighted by Gasteiger charge is 2.19. The predicted octanol–water partition coefficient (Wildman–Crippen LogP) is 8.62. The van der Waals surface area contributed by atoms with Crippen molar-refractivity contribution in [2.45, 2.75) is 187 Å². The largest absolute Gasteiger partial charge is 0.394 e. The van der Waals surface area contributed by atoms with Crippen LogP contribution in [-0.4, -0.2) is 34.9 Å². The Hall–Kier alpha value is -0.610. The summed E-state index contributed by atoms with van der Waals surface area (Å²) in [5.74, 6) is -0.0332. The lowest BCUT2D eigenvalue weighted by molar-refractivity contribution is -0.123. The number of aliphatic hydroxyl groups is 2. The van der Waals surface area contributed by atoms with Gasteiger partial charge in [-0.25, -0.2) is 0 Å². The fourth-order valence-corrected chi connectivity index (χ4v) is 4.89. The molecule has 2 atom stereocenters. The summed E-state index contributed by atoms with van der Waals surface area (Å²) >= 11 is 0. The number of unbranched alkanes of at least 4 members (excludes halogenated alkanes) is 21. The molecule has 0 saturated carbocycles. The SMILES string of the molecule is CCCCCCCCCCCCCCCCC(=O)N[C@@H](CO)[C@H](O)CCCCCCCCCCC. The molecule has 0 unspecified atom stereocenters. The van der Waals surface area contributed by atoms with Gasteiger partial charge in [-0.1, -0.05) is 155 Å². The molecule has 0 aliphatic heterocycles. The molecule has 0 aromatic rings. The van der Waals surface area contributed by atoms with Crippen LogP contribution in [0.3, 0.4) is 0 Å². The van der Waals surface area contributed by atoms with Crippen LogP contribution in [0.2, 0.25) is 0 Å². The third kappa shape index (κ3) is 24.8. The van der Waals surface area contributed by atoms with Crippen LogP contribution < -0.4 is 5.32 Å². The van der Waals surface area contributed by atoms with Crippen LogP contribution in [0.15, 0.2) is 0 Å². The van der Waals surface area contributed by atoms with E-state index in [-0.39, 0.29) is 12.5 Å². The van der Waals surface area contributed by atoms with Crippen LogP contribution in [0.1, 0.15) is 174 Å². The van der Waals surface area contributed by atoms with E-state index in [4.69, 9.17) is 0 Å². The highest BCUT2D eigenvalue weighted by atomic mass is 16.3. The lowest BCUT2D eigenvalue weighted by atomic mass is 10.0. The standard InChI is InChI=1S/C31H63NO3/c1-3-5-7-9-11-13-14-15-16-17-19-21-23-25-27-31(35)32-29(28-33)30(34)26-24-22-20-18-12-10-8-6-4-2/h29-30,33-34H,3-28H2,1-2H3,(H,32,35)/t29-,30+/m0/s1. The highest BCUT2D eigenvalue weighted by molar-refractivity contribution is 5.76. The molecule has 0 fully saturated rings. The molecule has 0 heterocycles. The molecule has 0 aromatic carbocycles. The van der Waals surface area contributed by atoms with E-state index in [0.29, 0.717) is 12.8 Å². The average molecular weight is 498 g/mol. The Morgan fingerprint density at radius 1 is 0.571 bits per heavy atom. The first-order valence-electron chi connectivity index (χ1n) is 15.7. The molecule has 1 amide bonds. The van der Waals surface area contributed by atoms with Crippen molar-refractivity contribution < 1.29 is 15.0 Å². The molecular weight excluding hydrogens is 434 g/mol. The lowest BCUT2D eigenvalue weighted by Crippen LogP contribution is -2.45. The molecule has 0 bridgehead atoms. The van der Waals surface area contributed by atoms with E-state index in [1.807, 2.05) is 0 Å². The number of aliphatic hydroxyl groups excluding tert-OH is 2. The second-order valence-electron chi connectivity index (χ2n) is 10.9. The van der Waals surface area contributed by atoms with Gasteiger partial charge < -0.3 is 15.5 Å². The van der Waals surface area contributed by atoms with Crippen molar-refractivity contribution in [3.05, 3.63) is 0 Å². The van der Waals surface area contributed by atoms with Crippen molar-refractivity contribution in [1.82, 2.24) is 5.32 Å². The maximum atomic E-state index is 12.2. The number of carbonyl (C=O) groups excluding carboxylic acids is 1. The molecule has 0 aliphatic rings. The van der Waals surface area contributed by atoms with E-state index in [1.165, 1.54) is 122 Å². The van der Waals surface area contributed by atoms with E-state index >= 15 is 0 Å². The van der Waals surface area contributed by atoms with Crippen LogP contribution in [0.5, 0.6) is 0 Å². The normalized spacial score (nSPS) is 13.1. The zero-order valence-corrected chi connectivity index (χ0v) is 23.8. The summed E-state index contributed by atoms with van der Waals surface area (Å²) in [6.45, 7) is 4.32. The molecule has 4 heteroatoms. The van der Waals surface area contributed by atoms with Crippen molar-refractivity contribution in [3.8, 4) is 0 Å². The topological polar surface area (TPSA) is 69.6 Å². The number of hydrogen-bond acceptors (Lipinski definition) is 3. The summed E-state index contributed by atoms with van der Waals surface area (Å²) in [7, 11) is 0. The Morgan fingerprint density at radius 2 is 0.914 bits per heavy atom.